The largest absolute Gasteiger partial charge is 0.384 e. The summed E-state index contributed by atoms with van der Waals surface area (Å²) in [6, 6.07) is 16.4. The van der Waals surface area contributed by atoms with Gasteiger partial charge in [-0.15, -0.1) is 11.3 Å². The first-order valence-electron chi connectivity index (χ1n) is 14.3. The van der Waals surface area contributed by atoms with E-state index in [4.69, 9.17) is 11.1 Å². The van der Waals surface area contributed by atoms with Crippen LogP contribution in [0.5, 0.6) is 0 Å². The molecular weight excluding hydrogens is 579 g/mol. The lowest BCUT2D eigenvalue weighted by Crippen LogP contribution is -2.49. The monoisotopic (exact) mass is 610 g/mol. The van der Waals surface area contributed by atoms with Crippen molar-refractivity contribution in [3.63, 3.8) is 0 Å². The summed E-state index contributed by atoms with van der Waals surface area (Å²) in [5, 5.41) is 15.1. The Kier molecular flexibility index (Phi) is 7.96. The van der Waals surface area contributed by atoms with Crippen molar-refractivity contribution in [2.45, 2.75) is 37.5 Å². The van der Waals surface area contributed by atoms with Crippen molar-refractivity contribution in [3.8, 4) is 11.1 Å². The second kappa shape index (κ2) is 12.0. The number of benzene rings is 2. The predicted molar refractivity (Wildman–Crippen MR) is 166 cm³/mol. The Hall–Kier alpha value is -4.90. The second-order valence-electron chi connectivity index (χ2n) is 11.1. The number of nitrogens with zero attached hydrogens (tertiary/aromatic N) is 2. The zero-order valence-corrected chi connectivity index (χ0v) is 24.7. The van der Waals surface area contributed by atoms with Crippen LogP contribution in [0, 0.1) is 5.41 Å². The highest BCUT2D eigenvalue weighted by atomic mass is 32.1. The van der Waals surface area contributed by atoms with Crippen LogP contribution in [-0.4, -0.2) is 52.6 Å². The molecule has 224 valence electrons. The van der Waals surface area contributed by atoms with Crippen LogP contribution in [-0.2, 0) is 9.59 Å². The molecule has 1 aliphatic heterocycles. The van der Waals surface area contributed by atoms with Gasteiger partial charge in [0, 0.05) is 46.2 Å². The normalized spacial score (nSPS) is 19.1. The second-order valence-corrected chi connectivity index (χ2v) is 12.0. The standard InChI is InChI=1S/C33H31FN6O3S/c1-18(28-13-22(17-44-28)31(35)36)39-33(43)27-12-21(20-5-4-10-37-14-20)16-40(27)29(41)15-38-32(42)19-8-9-25-26(11-19)23-6-2-3-7-24(23)30(25)34/h2-11,13-14,17-18,21,27,30H,12,15-16H2,1H3,(H3,35,36)(H,38,42)(H,39,43)/t18-,21+,27+,30?/m1/s1. The first kappa shape index (κ1) is 29.2. The highest BCUT2D eigenvalue weighted by Crippen LogP contribution is 2.45. The van der Waals surface area contributed by atoms with Crippen molar-refractivity contribution in [3.05, 3.63) is 111 Å². The SMILES string of the molecule is C[C@@H](NC(=O)[C@@H]1C[C@H](c2cccnc2)CN1C(=O)CNC(=O)c1ccc2c(c1)-c1ccccc1C2F)c1cc(C(=N)N)cs1. The molecule has 4 atom stereocenters. The molecule has 4 aromatic rings. The van der Waals surface area contributed by atoms with Gasteiger partial charge in [0.25, 0.3) is 5.91 Å². The number of thiophene rings is 1. The lowest BCUT2D eigenvalue weighted by molar-refractivity contribution is -0.137. The van der Waals surface area contributed by atoms with Crippen LogP contribution in [0.25, 0.3) is 11.1 Å². The molecule has 9 nitrogen and oxygen atoms in total. The Morgan fingerprint density at radius 3 is 2.64 bits per heavy atom. The zero-order chi connectivity index (χ0) is 31.0. The van der Waals surface area contributed by atoms with E-state index in [1.165, 1.54) is 16.2 Å². The molecule has 3 amide bonds. The van der Waals surface area contributed by atoms with Crippen molar-refractivity contribution >= 4 is 34.9 Å². The molecule has 0 radical (unpaired) electrons. The molecule has 3 heterocycles. The van der Waals surface area contributed by atoms with Gasteiger partial charge < -0.3 is 21.3 Å². The number of nitrogens with one attached hydrogen (secondary N) is 3. The number of hydrogen-bond acceptors (Lipinski definition) is 6. The van der Waals surface area contributed by atoms with Gasteiger partial charge in [-0.3, -0.25) is 24.8 Å². The summed E-state index contributed by atoms with van der Waals surface area (Å²) >= 11 is 1.40. The lowest BCUT2D eigenvalue weighted by Gasteiger charge is -2.25. The summed E-state index contributed by atoms with van der Waals surface area (Å²) in [5.74, 6) is -1.30. The maximum Gasteiger partial charge on any atom is 0.251 e. The van der Waals surface area contributed by atoms with E-state index in [1.807, 2.05) is 31.2 Å². The summed E-state index contributed by atoms with van der Waals surface area (Å²) < 4.78 is 14.9. The topological polar surface area (TPSA) is 141 Å². The fourth-order valence-corrected chi connectivity index (χ4v) is 6.88. The Labute approximate surface area is 257 Å². The van der Waals surface area contributed by atoms with Gasteiger partial charge >= 0.3 is 0 Å². The molecule has 6 rings (SSSR count). The molecule has 1 unspecified atom stereocenters. The molecular formula is C33H31FN6O3S. The number of pyridine rings is 1. The number of aromatic nitrogens is 1. The van der Waals surface area contributed by atoms with Crippen LogP contribution in [0.1, 0.15) is 69.0 Å². The maximum absolute atomic E-state index is 14.9. The molecule has 2 aliphatic rings. The number of halogens is 1. The minimum absolute atomic E-state index is 0.0451. The number of nitrogens with two attached hydrogens (primary N) is 1. The quantitative estimate of drug-likeness (QED) is 0.172. The van der Waals surface area contributed by atoms with Crippen molar-refractivity contribution < 1.29 is 18.8 Å². The average Bonchev–Trinajstić information content (AvgIpc) is 3.78. The molecule has 2 aromatic carbocycles. The average molecular weight is 611 g/mol. The van der Waals surface area contributed by atoms with Crippen molar-refractivity contribution in [2.75, 3.05) is 13.1 Å². The Balaban J connectivity index is 1.16. The molecule has 44 heavy (non-hydrogen) atoms. The van der Waals surface area contributed by atoms with Gasteiger partial charge in [-0.25, -0.2) is 4.39 Å². The van der Waals surface area contributed by atoms with Gasteiger partial charge in [-0.2, -0.15) is 0 Å². The van der Waals surface area contributed by atoms with E-state index in [-0.39, 0.29) is 36.2 Å². The highest BCUT2D eigenvalue weighted by molar-refractivity contribution is 7.10. The van der Waals surface area contributed by atoms with E-state index in [2.05, 4.69) is 15.6 Å². The fraction of sp³-hybridized carbons (Fsp3) is 0.242. The molecule has 11 heteroatoms. The van der Waals surface area contributed by atoms with Gasteiger partial charge in [-0.1, -0.05) is 36.4 Å². The van der Waals surface area contributed by atoms with E-state index in [0.29, 0.717) is 40.8 Å². The van der Waals surface area contributed by atoms with E-state index < -0.39 is 18.1 Å². The summed E-state index contributed by atoms with van der Waals surface area (Å²) in [7, 11) is 0. The smallest absolute Gasteiger partial charge is 0.251 e. The molecule has 5 N–H and O–H groups in total. The van der Waals surface area contributed by atoms with Crippen molar-refractivity contribution in [2.24, 2.45) is 5.73 Å². The highest BCUT2D eigenvalue weighted by Gasteiger charge is 2.40. The first-order chi connectivity index (χ1) is 21.2. The van der Waals surface area contributed by atoms with E-state index >= 15 is 0 Å². The van der Waals surface area contributed by atoms with Crippen molar-refractivity contribution in [1.82, 2.24) is 20.5 Å². The maximum atomic E-state index is 14.9. The number of nitrogen functional groups attached to an aromatic ring is 1. The molecule has 2 aromatic heterocycles. The lowest BCUT2D eigenvalue weighted by atomic mass is 9.97. The third kappa shape index (κ3) is 5.58. The number of amides is 3. The predicted octanol–water partition coefficient (Wildman–Crippen LogP) is 4.46. The van der Waals surface area contributed by atoms with Crippen LogP contribution in [0.2, 0.25) is 0 Å². The molecule has 0 bridgehead atoms. The number of likely N-dealkylation sites (tertiary alicyclic amines) is 1. The van der Waals surface area contributed by atoms with E-state index in [1.54, 1.807) is 54.2 Å². The summed E-state index contributed by atoms with van der Waals surface area (Å²) in [5.41, 5.74) is 9.93. The molecule has 1 fully saturated rings. The first-order valence-corrected chi connectivity index (χ1v) is 15.2. The number of carbonyl (C=O) groups is 3. The minimum atomic E-state index is -1.25. The fourth-order valence-electron chi connectivity index (χ4n) is 5.96. The van der Waals surface area contributed by atoms with Crippen LogP contribution < -0.4 is 16.4 Å². The van der Waals surface area contributed by atoms with Gasteiger partial charge in [0.1, 0.15) is 11.9 Å². The van der Waals surface area contributed by atoms with Crippen LogP contribution in [0.3, 0.4) is 0 Å². The summed E-state index contributed by atoms with van der Waals surface area (Å²) in [6.07, 6.45) is 2.57. The number of amidine groups is 1. The minimum Gasteiger partial charge on any atom is -0.384 e. The molecule has 1 aliphatic carbocycles. The van der Waals surface area contributed by atoms with Crippen molar-refractivity contribution in [1.29, 1.82) is 5.41 Å². The third-order valence-corrected chi connectivity index (χ3v) is 9.42. The van der Waals surface area contributed by atoms with Gasteiger partial charge in [0.2, 0.25) is 11.8 Å². The zero-order valence-electron chi connectivity index (χ0n) is 23.9. The molecule has 0 saturated carbocycles. The van der Waals surface area contributed by atoms with Gasteiger partial charge in [-0.05, 0) is 65.4 Å². The number of hydrogen-bond donors (Lipinski definition) is 4. The number of rotatable bonds is 8. The number of carbonyl (C=O) groups excluding carboxylic acids is 3. The summed E-state index contributed by atoms with van der Waals surface area (Å²) in [4.78, 5) is 46.8. The van der Waals surface area contributed by atoms with E-state index in [0.717, 1.165) is 16.0 Å². The Morgan fingerprint density at radius 2 is 1.89 bits per heavy atom. The van der Waals surface area contributed by atoms with Gasteiger partial charge in [0.05, 0.1) is 12.6 Å². The van der Waals surface area contributed by atoms with Gasteiger partial charge in [0.15, 0.2) is 6.17 Å². The van der Waals surface area contributed by atoms with Crippen LogP contribution >= 0.6 is 11.3 Å². The van der Waals surface area contributed by atoms with Crippen LogP contribution in [0.15, 0.2) is 78.4 Å². The van der Waals surface area contributed by atoms with E-state index in [9.17, 15) is 18.8 Å². The third-order valence-electron chi connectivity index (χ3n) is 8.31. The molecule has 0 spiro atoms. The Bertz CT molecular complexity index is 1760. The molecule has 1 saturated heterocycles. The Morgan fingerprint density at radius 1 is 1.09 bits per heavy atom. The number of alkyl halides is 1. The van der Waals surface area contributed by atoms with Crippen LogP contribution in [0.4, 0.5) is 4.39 Å². The summed E-state index contributed by atoms with van der Waals surface area (Å²) in [6.45, 7) is 1.84. The number of fused-ring (bicyclic) bond motifs is 3.